The number of aryl methyl sites for hydroxylation is 2. The first-order chi connectivity index (χ1) is 12.3. The molecule has 6 nitrogen and oxygen atoms in total. The van der Waals surface area contributed by atoms with Crippen molar-refractivity contribution in [2.75, 3.05) is 7.11 Å². The lowest BCUT2D eigenvalue weighted by Gasteiger charge is -2.24. The van der Waals surface area contributed by atoms with E-state index in [-0.39, 0.29) is 0 Å². The maximum absolute atomic E-state index is 11.1. The predicted octanol–water partition coefficient (Wildman–Crippen LogP) is 3.45. The molecular formula is C19H21ClN4O2. The average molecular weight is 373 g/mol. The van der Waals surface area contributed by atoms with Crippen molar-refractivity contribution in [1.82, 2.24) is 19.7 Å². The van der Waals surface area contributed by atoms with E-state index in [9.17, 15) is 5.11 Å². The van der Waals surface area contributed by atoms with Crippen molar-refractivity contribution in [3.05, 3.63) is 64.2 Å². The highest BCUT2D eigenvalue weighted by Gasteiger charge is 2.30. The lowest BCUT2D eigenvalue weighted by molar-refractivity contribution is 0.102. The van der Waals surface area contributed by atoms with E-state index >= 15 is 0 Å². The van der Waals surface area contributed by atoms with Gasteiger partial charge in [-0.2, -0.15) is 10.1 Å². The van der Waals surface area contributed by atoms with Crippen LogP contribution in [0.4, 0.5) is 0 Å². The molecule has 0 aliphatic rings. The van der Waals surface area contributed by atoms with Gasteiger partial charge in [0.15, 0.2) is 5.82 Å². The Labute approximate surface area is 157 Å². The van der Waals surface area contributed by atoms with E-state index in [1.54, 1.807) is 44.1 Å². The molecule has 136 valence electrons. The Morgan fingerprint density at radius 2 is 2.04 bits per heavy atom. The van der Waals surface area contributed by atoms with Crippen LogP contribution in [0.15, 0.2) is 36.7 Å². The summed E-state index contributed by atoms with van der Waals surface area (Å²) in [4.78, 5) is 8.53. The molecule has 3 rings (SSSR count). The van der Waals surface area contributed by atoms with Crippen LogP contribution in [0.25, 0.3) is 5.82 Å². The number of ether oxygens (including phenoxy) is 1. The SMILES string of the molecule is CCc1ccc(C(C)(O)c2cnn(-c3cc(OC)nc(C)n3)c2)c(Cl)c1. The van der Waals surface area contributed by atoms with Gasteiger partial charge >= 0.3 is 0 Å². The normalized spacial score (nSPS) is 13.5. The molecule has 0 aliphatic carbocycles. The zero-order chi connectivity index (χ0) is 18.9. The molecule has 7 heteroatoms. The third kappa shape index (κ3) is 3.43. The van der Waals surface area contributed by atoms with Crippen LogP contribution in [0.1, 0.15) is 36.4 Å². The Morgan fingerprint density at radius 1 is 1.27 bits per heavy atom. The first-order valence-corrected chi connectivity index (χ1v) is 8.69. The number of methoxy groups -OCH3 is 1. The van der Waals surface area contributed by atoms with Gasteiger partial charge in [-0.25, -0.2) is 9.67 Å². The quantitative estimate of drug-likeness (QED) is 0.742. The standard InChI is InChI=1S/C19H21ClN4O2/c1-5-13-6-7-15(16(20)8-13)19(3,25)14-10-21-24(11-14)17-9-18(26-4)23-12(2)22-17/h6-11,25H,5H2,1-4H3. The second kappa shape index (κ2) is 7.05. The smallest absolute Gasteiger partial charge is 0.218 e. The minimum atomic E-state index is -1.28. The Bertz CT molecular complexity index is 937. The molecule has 0 aliphatic heterocycles. The van der Waals surface area contributed by atoms with E-state index in [4.69, 9.17) is 16.3 Å². The molecule has 26 heavy (non-hydrogen) atoms. The van der Waals surface area contributed by atoms with Gasteiger partial charge in [-0.05, 0) is 31.9 Å². The van der Waals surface area contributed by atoms with Crippen LogP contribution in [-0.2, 0) is 12.0 Å². The van der Waals surface area contributed by atoms with Crippen LogP contribution in [0.3, 0.4) is 0 Å². The fraction of sp³-hybridized carbons (Fsp3) is 0.316. The third-order valence-electron chi connectivity index (χ3n) is 4.36. The van der Waals surface area contributed by atoms with Crippen molar-refractivity contribution in [3.8, 4) is 11.7 Å². The second-order valence-electron chi connectivity index (χ2n) is 6.23. The molecule has 0 saturated heterocycles. The van der Waals surface area contributed by atoms with Crippen LogP contribution in [0.2, 0.25) is 5.02 Å². The number of benzene rings is 1. The van der Waals surface area contributed by atoms with Gasteiger partial charge in [0.25, 0.3) is 0 Å². The summed E-state index contributed by atoms with van der Waals surface area (Å²) in [5, 5.41) is 16.0. The number of hydrogen-bond donors (Lipinski definition) is 1. The molecular weight excluding hydrogens is 352 g/mol. The van der Waals surface area contributed by atoms with Crippen molar-refractivity contribution >= 4 is 11.6 Å². The predicted molar refractivity (Wildman–Crippen MR) is 99.9 cm³/mol. The number of rotatable bonds is 5. The first-order valence-electron chi connectivity index (χ1n) is 8.31. The van der Waals surface area contributed by atoms with Crippen LogP contribution in [-0.4, -0.2) is 32.0 Å². The van der Waals surface area contributed by atoms with Gasteiger partial charge in [0, 0.05) is 28.4 Å². The van der Waals surface area contributed by atoms with Gasteiger partial charge in [0.2, 0.25) is 5.88 Å². The summed E-state index contributed by atoms with van der Waals surface area (Å²) in [5.41, 5.74) is 1.08. The van der Waals surface area contributed by atoms with Crippen molar-refractivity contribution in [1.29, 1.82) is 0 Å². The van der Waals surface area contributed by atoms with Gasteiger partial charge in [0.05, 0.1) is 13.3 Å². The minimum Gasteiger partial charge on any atom is -0.481 e. The highest BCUT2D eigenvalue weighted by molar-refractivity contribution is 6.31. The summed E-state index contributed by atoms with van der Waals surface area (Å²) in [6, 6.07) is 7.39. The molecule has 1 aromatic carbocycles. The fourth-order valence-corrected chi connectivity index (χ4v) is 3.16. The summed E-state index contributed by atoms with van der Waals surface area (Å²) >= 11 is 6.40. The number of halogens is 1. The zero-order valence-corrected chi connectivity index (χ0v) is 15.9. The monoisotopic (exact) mass is 372 g/mol. The van der Waals surface area contributed by atoms with Crippen molar-refractivity contribution in [2.24, 2.45) is 0 Å². The summed E-state index contributed by atoms with van der Waals surface area (Å²) in [6.45, 7) is 5.54. The largest absolute Gasteiger partial charge is 0.481 e. The van der Waals surface area contributed by atoms with E-state index in [1.807, 2.05) is 18.2 Å². The Kier molecular flexibility index (Phi) is 4.98. The number of hydrogen-bond acceptors (Lipinski definition) is 5. The summed E-state index contributed by atoms with van der Waals surface area (Å²) in [6.07, 6.45) is 4.22. The number of aliphatic hydroxyl groups is 1. The molecule has 1 unspecified atom stereocenters. The highest BCUT2D eigenvalue weighted by atomic mass is 35.5. The van der Waals surface area contributed by atoms with Crippen LogP contribution in [0.5, 0.6) is 5.88 Å². The van der Waals surface area contributed by atoms with Gasteiger partial charge in [-0.3, -0.25) is 0 Å². The average Bonchev–Trinajstić information content (AvgIpc) is 3.11. The van der Waals surface area contributed by atoms with E-state index in [2.05, 4.69) is 22.0 Å². The Hall–Kier alpha value is -2.44. The lowest BCUT2D eigenvalue weighted by atomic mass is 9.89. The summed E-state index contributed by atoms with van der Waals surface area (Å²) in [7, 11) is 1.55. The number of nitrogens with zero attached hydrogens (tertiary/aromatic N) is 4. The Balaban J connectivity index is 2.00. The van der Waals surface area contributed by atoms with Crippen molar-refractivity contribution in [2.45, 2.75) is 32.8 Å². The molecule has 1 atom stereocenters. The van der Waals surface area contributed by atoms with E-state index in [0.29, 0.717) is 33.7 Å². The minimum absolute atomic E-state index is 0.453. The van der Waals surface area contributed by atoms with Gasteiger partial charge in [-0.15, -0.1) is 0 Å². The van der Waals surface area contributed by atoms with Crippen molar-refractivity contribution < 1.29 is 9.84 Å². The fourth-order valence-electron chi connectivity index (χ4n) is 2.78. The molecule has 0 saturated carbocycles. The molecule has 2 aromatic heterocycles. The van der Waals surface area contributed by atoms with Gasteiger partial charge < -0.3 is 9.84 Å². The molecule has 1 N–H and O–H groups in total. The second-order valence-corrected chi connectivity index (χ2v) is 6.64. The van der Waals surface area contributed by atoms with E-state index in [0.717, 1.165) is 12.0 Å². The number of aromatic nitrogens is 4. The van der Waals surface area contributed by atoms with Crippen LogP contribution < -0.4 is 4.74 Å². The summed E-state index contributed by atoms with van der Waals surface area (Å²) < 4.78 is 6.76. The van der Waals surface area contributed by atoms with Crippen LogP contribution >= 0.6 is 11.6 Å². The van der Waals surface area contributed by atoms with Crippen molar-refractivity contribution in [3.63, 3.8) is 0 Å². The maximum atomic E-state index is 11.1. The molecule has 0 radical (unpaired) electrons. The highest BCUT2D eigenvalue weighted by Crippen LogP contribution is 2.34. The molecule has 0 fully saturated rings. The molecule has 0 bridgehead atoms. The topological polar surface area (TPSA) is 73.1 Å². The van der Waals surface area contributed by atoms with E-state index in [1.165, 1.54) is 0 Å². The van der Waals surface area contributed by atoms with Gasteiger partial charge in [-0.1, -0.05) is 30.7 Å². The van der Waals surface area contributed by atoms with E-state index < -0.39 is 5.60 Å². The molecule has 0 amide bonds. The lowest BCUT2D eigenvalue weighted by Crippen LogP contribution is -2.22. The zero-order valence-electron chi connectivity index (χ0n) is 15.2. The molecule has 2 heterocycles. The molecule has 0 spiro atoms. The Morgan fingerprint density at radius 3 is 2.69 bits per heavy atom. The first kappa shape index (κ1) is 18.4. The summed E-state index contributed by atoms with van der Waals surface area (Å²) in [5.74, 6) is 1.58. The van der Waals surface area contributed by atoms with Crippen LogP contribution in [0, 0.1) is 6.92 Å². The maximum Gasteiger partial charge on any atom is 0.218 e. The van der Waals surface area contributed by atoms with Gasteiger partial charge in [0.1, 0.15) is 11.4 Å². The third-order valence-corrected chi connectivity index (χ3v) is 4.67. The molecule has 3 aromatic rings.